The van der Waals surface area contributed by atoms with Crippen molar-refractivity contribution in [1.29, 1.82) is 0 Å². The second kappa shape index (κ2) is 8.45. The molecule has 2 N–H and O–H groups in total. The third-order valence-electron chi connectivity index (χ3n) is 6.27. The summed E-state index contributed by atoms with van der Waals surface area (Å²) in [6, 6.07) is 8.26. The van der Waals surface area contributed by atoms with Gasteiger partial charge < -0.3 is 24.8 Å². The first-order valence-electron chi connectivity index (χ1n) is 10.5. The molecule has 7 heteroatoms. The molecule has 0 aliphatic carbocycles. The molecule has 156 valence electrons. The third-order valence-corrected chi connectivity index (χ3v) is 6.27. The molecular formula is C22H30N4O3. The van der Waals surface area contributed by atoms with Gasteiger partial charge in [0.25, 0.3) is 0 Å². The molecule has 0 saturated carbocycles. The minimum atomic E-state index is -0.355. The van der Waals surface area contributed by atoms with Crippen LogP contribution in [-0.4, -0.2) is 65.0 Å². The zero-order chi connectivity index (χ0) is 20.4. The maximum Gasteiger partial charge on any atom is 0.237 e. The number of nitrogens with two attached hydrogens (primary N) is 1. The minimum Gasteiger partial charge on any atom is -0.490 e. The van der Waals surface area contributed by atoms with Crippen LogP contribution >= 0.6 is 0 Å². The number of hydrogen-bond acceptors (Lipinski definition) is 4. The van der Waals surface area contributed by atoms with Gasteiger partial charge in [-0.3, -0.25) is 9.59 Å². The number of aromatic nitrogens is 1. The highest BCUT2D eigenvalue weighted by Gasteiger charge is 2.28. The number of primary amides is 1. The molecule has 3 heterocycles. The number of likely N-dealkylation sites (tertiary alicyclic amines) is 2. The number of hydrogen-bond donors (Lipinski definition) is 1. The molecule has 2 aliphatic rings. The smallest absolute Gasteiger partial charge is 0.237 e. The first-order valence-corrected chi connectivity index (χ1v) is 10.5. The van der Waals surface area contributed by atoms with Gasteiger partial charge in [-0.15, -0.1) is 0 Å². The van der Waals surface area contributed by atoms with E-state index in [2.05, 4.69) is 4.90 Å². The van der Waals surface area contributed by atoms with Crippen LogP contribution in [0.25, 0.3) is 10.9 Å². The van der Waals surface area contributed by atoms with E-state index in [0.717, 1.165) is 62.0 Å². The summed E-state index contributed by atoms with van der Waals surface area (Å²) in [7, 11) is 1.94. The van der Waals surface area contributed by atoms with Crippen molar-refractivity contribution in [3.05, 3.63) is 30.5 Å². The summed E-state index contributed by atoms with van der Waals surface area (Å²) in [5.74, 6) is 0.782. The topological polar surface area (TPSA) is 80.8 Å². The van der Waals surface area contributed by atoms with Crippen LogP contribution in [0.1, 0.15) is 32.1 Å². The highest BCUT2D eigenvalue weighted by Crippen LogP contribution is 2.29. The fraction of sp³-hybridized carbons (Fsp3) is 0.545. The molecule has 2 aliphatic heterocycles. The Hall–Kier alpha value is -2.54. The second-order valence-corrected chi connectivity index (χ2v) is 8.27. The van der Waals surface area contributed by atoms with Crippen LogP contribution in [0.4, 0.5) is 0 Å². The van der Waals surface area contributed by atoms with Gasteiger partial charge in [0.1, 0.15) is 18.4 Å². The number of likely N-dealkylation sites (N-methyl/N-ethyl adjacent to an activating group) is 1. The number of rotatable bonds is 6. The SMILES string of the molecule is CN1C(=O)CCCC1CN1CCC(Oc2cccc3c2ccn3CC(N)=O)CC1. The van der Waals surface area contributed by atoms with Crippen molar-refractivity contribution in [3.63, 3.8) is 0 Å². The summed E-state index contributed by atoms with van der Waals surface area (Å²) in [5, 5.41) is 1.01. The van der Waals surface area contributed by atoms with Crippen LogP contribution in [-0.2, 0) is 16.1 Å². The second-order valence-electron chi connectivity index (χ2n) is 8.27. The quantitative estimate of drug-likeness (QED) is 0.807. The first kappa shape index (κ1) is 19.8. The van der Waals surface area contributed by atoms with Gasteiger partial charge in [0, 0.05) is 50.7 Å². The molecule has 2 fully saturated rings. The predicted molar refractivity (Wildman–Crippen MR) is 112 cm³/mol. The number of piperidine rings is 2. The van der Waals surface area contributed by atoms with Crippen LogP contribution in [0.2, 0.25) is 0 Å². The number of carbonyl (C=O) groups excluding carboxylic acids is 2. The maximum absolute atomic E-state index is 11.9. The Kier molecular flexibility index (Phi) is 5.76. The standard InChI is InChI=1S/C22H30N4O3/c1-24-16(4-2-7-22(24)28)14-25-11-8-17(9-12-25)29-20-6-3-5-19-18(20)10-13-26(19)15-21(23)27/h3,5-6,10,13,16-17H,2,4,7-9,11-12,14-15H2,1H3,(H2,23,27). The Morgan fingerprint density at radius 3 is 2.76 bits per heavy atom. The van der Waals surface area contributed by atoms with Gasteiger partial charge in [0.2, 0.25) is 11.8 Å². The summed E-state index contributed by atoms with van der Waals surface area (Å²) in [5.41, 5.74) is 6.30. The van der Waals surface area contributed by atoms with E-state index < -0.39 is 0 Å². The number of benzene rings is 1. The number of carbonyl (C=O) groups is 2. The van der Waals surface area contributed by atoms with Crippen LogP contribution < -0.4 is 10.5 Å². The average molecular weight is 399 g/mol. The molecule has 4 rings (SSSR count). The minimum absolute atomic E-state index is 0.170. The number of nitrogens with zero attached hydrogens (tertiary/aromatic N) is 3. The normalized spacial score (nSPS) is 21.6. The first-order chi connectivity index (χ1) is 14.0. The lowest BCUT2D eigenvalue weighted by atomic mass is 10.00. The van der Waals surface area contributed by atoms with Crippen molar-refractivity contribution >= 4 is 22.7 Å². The van der Waals surface area contributed by atoms with E-state index in [1.54, 1.807) is 0 Å². The largest absolute Gasteiger partial charge is 0.490 e. The molecule has 1 aromatic carbocycles. The lowest BCUT2D eigenvalue weighted by Gasteiger charge is -2.39. The van der Waals surface area contributed by atoms with E-state index in [1.165, 1.54) is 0 Å². The van der Waals surface area contributed by atoms with Crippen molar-refractivity contribution in [2.45, 2.75) is 50.8 Å². The molecule has 29 heavy (non-hydrogen) atoms. The molecule has 1 atom stereocenters. The molecule has 1 unspecified atom stereocenters. The van der Waals surface area contributed by atoms with Gasteiger partial charge >= 0.3 is 0 Å². The lowest BCUT2D eigenvalue weighted by Crippen LogP contribution is -2.49. The summed E-state index contributed by atoms with van der Waals surface area (Å²) >= 11 is 0. The summed E-state index contributed by atoms with van der Waals surface area (Å²) in [4.78, 5) is 27.6. The Labute approximate surface area is 171 Å². The number of amides is 2. The Balaban J connectivity index is 1.34. The van der Waals surface area contributed by atoms with Gasteiger partial charge in [-0.25, -0.2) is 0 Å². The number of ether oxygens (including phenoxy) is 1. The Bertz CT molecular complexity index is 885. The third kappa shape index (κ3) is 4.40. The van der Waals surface area contributed by atoms with E-state index >= 15 is 0 Å². The summed E-state index contributed by atoms with van der Waals surface area (Å²) < 4.78 is 8.20. The fourth-order valence-electron chi connectivity index (χ4n) is 4.57. The Morgan fingerprint density at radius 2 is 2.00 bits per heavy atom. The molecule has 0 radical (unpaired) electrons. The Morgan fingerprint density at radius 1 is 1.21 bits per heavy atom. The fourth-order valence-corrected chi connectivity index (χ4v) is 4.57. The highest BCUT2D eigenvalue weighted by molar-refractivity contribution is 5.88. The van der Waals surface area contributed by atoms with Crippen LogP contribution in [0.5, 0.6) is 5.75 Å². The van der Waals surface area contributed by atoms with Crippen LogP contribution in [0.3, 0.4) is 0 Å². The van der Waals surface area contributed by atoms with Gasteiger partial charge in [-0.2, -0.15) is 0 Å². The molecule has 0 bridgehead atoms. The zero-order valence-corrected chi connectivity index (χ0v) is 17.0. The van der Waals surface area contributed by atoms with Crippen molar-refractivity contribution < 1.29 is 14.3 Å². The van der Waals surface area contributed by atoms with Gasteiger partial charge in [0.05, 0.1) is 5.52 Å². The van der Waals surface area contributed by atoms with Crippen LogP contribution in [0.15, 0.2) is 30.5 Å². The number of fused-ring (bicyclic) bond motifs is 1. The van der Waals surface area contributed by atoms with Crippen molar-refractivity contribution in [2.24, 2.45) is 5.73 Å². The van der Waals surface area contributed by atoms with Gasteiger partial charge in [-0.1, -0.05) is 6.07 Å². The summed E-state index contributed by atoms with van der Waals surface area (Å²) in [6.07, 6.45) is 6.81. The molecule has 1 aromatic heterocycles. The van der Waals surface area contributed by atoms with E-state index in [-0.39, 0.29) is 24.5 Å². The van der Waals surface area contributed by atoms with E-state index in [4.69, 9.17) is 10.5 Å². The molecule has 0 spiro atoms. The average Bonchev–Trinajstić information content (AvgIpc) is 3.10. The van der Waals surface area contributed by atoms with Crippen molar-refractivity contribution in [1.82, 2.24) is 14.4 Å². The van der Waals surface area contributed by atoms with Gasteiger partial charge in [-0.05, 0) is 43.9 Å². The highest BCUT2D eigenvalue weighted by atomic mass is 16.5. The molecule has 7 nitrogen and oxygen atoms in total. The van der Waals surface area contributed by atoms with Gasteiger partial charge in [0.15, 0.2) is 0 Å². The van der Waals surface area contributed by atoms with Crippen molar-refractivity contribution in [2.75, 3.05) is 26.7 Å². The lowest BCUT2D eigenvalue weighted by molar-refractivity contribution is -0.135. The van der Waals surface area contributed by atoms with Crippen LogP contribution in [0, 0.1) is 0 Å². The summed E-state index contributed by atoms with van der Waals surface area (Å²) in [6.45, 7) is 3.10. The van der Waals surface area contributed by atoms with E-state index in [1.807, 2.05) is 47.0 Å². The molecular weight excluding hydrogens is 368 g/mol. The predicted octanol–water partition coefficient (Wildman–Crippen LogP) is 1.98. The van der Waals surface area contributed by atoms with E-state index in [0.29, 0.717) is 12.5 Å². The molecule has 2 saturated heterocycles. The maximum atomic E-state index is 11.9. The zero-order valence-electron chi connectivity index (χ0n) is 17.0. The van der Waals surface area contributed by atoms with E-state index in [9.17, 15) is 9.59 Å². The molecule has 2 aromatic rings. The molecule has 2 amide bonds. The van der Waals surface area contributed by atoms with Crippen molar-refractivity contribution in [3.8, 4) is 5.75 Å². The monoisotopic (exact) mass is 398 g/mol.